The Hall–Kier alpha value is -1.92. The van der Waals surface area contributed by atoms with E-state index in [-0.39, 0.29) is 0 Å². The monoisotopic (exact) mass is 318 g/mol. The number of nitrogens with zero attached hydrogens (tertiary/aromatic N) is 5. The van der Waals surface area contributed by atoms with Crippen molar-refractivity contribution in [2.45, 2.75) is 6.54 Å². The summed E-state index contributed by atoms with van der Waals surface area (Å²) in [5, 5.41) is 12.0. The van der Waals surface area contributed by atoms with Crippen LogP contribution in [0.1, 0.15) is 5.56 Å². The van der Waals surface area contributed by atoms with Gasteiger partial charge in [0.05, 0.1) is 6.20 Å². The molecule has 1 aliphatic rings. The number of benzene rings is 1. The fraction of sp³-hybridized carbons (Fsp3) is 0.400. The van der Waals surface area contributed by atoms with E-state index in [1.54, 1.807) is 6.20 Å². The van der Waals surface area contributed by atoms with E-state index in [0.717, 1.165) is 42.6 Å². The smallest absolute Gasteiger partial charge is 0.244 e. The molecule has 1 aromatic carbocycles. The minimum Gasteiger partial charge on any atom is -0.353 e. The molecule has 1 aromatic heterocycles. The van der Waals surface area contributed by atoms with E-state index in [1.807, 2.05) is 24.3 Å². The van der Waals surface area contributed by atoms with Crippen molar-refractivity contribution in [3.8, 4) is 0 Å². The van der Waals surface area contributed by atoms with Crippen molar-refractivity contribution in [3.05, 3.63) is 41.0 Å². The zero-order chi connectivity index (χ0) is 15.4. The fourth-order valence-corrected chi connectivity index (χ4v) is 2.58. The summed E-state index contributed by atoms with van der Waals surface area (Å²) in [4.78, 5) is 9.08. The van der Waals surface area contributed by atoms with Gasteiger partial charge in [-0.1, -0.05) is 29.8 Å². The largest absolute Gasteiger partial charge is 0.353 e. The molecule has 2 heterocycles. The van der Waals surface area contributed by atoms with Gasteiger partial charge in [-0.3, -0.25) is 0 Å². The van der Waals surface area contributed by atoms with Crippen LogP contribution in [0.2, 0.25) is 5.02 Å². The maximum atomic E-state index is 6.15. The first-order valence-electron chi connectivity index (χ1n) is 7.33. The Kier molecular flexibility index (Phi) is 4.70. The molecule has 22 heavy (non-hydrogen) atoms. The molecule has 0 spiro atoms. The Morgan fingerprint density at radius 1 is 1.18 bits per heavy atom. The Bertz CT molecular complexity index is 627. The van der Waals surface area contributed by atoms with Crippen LogP contribution in [0.3, 0.4) is 0 Å². The van der Waals surface area contributed by atoms with Crippen LogP contribution < -0.4 is 10.2 Å². The van der Waals surface area contributed by atoms with Crippen LogP contribution in [-0.4, -0.2) is 53.3 Å². The number of hydrogen-bond donors (Lipinski definition) is 1. The first kappa shape index (κ1) is 15.0. The molecule has 2 aromatic rings. The zero-order valence-electron chi connectivity index (χ0n) is 12.5. The molecule has 0 saturated carbocycles. The van der Waals surface area contributed by atoms with Crippen molar-refractivity contribution in [2.24, 2.45) is 0 Å². The second-order valence-electron chi connectivity index (χ2n) is 5.37. The molecule has 6 nitrogen and oxygen atoms in total. The van der Waals surface area contributed by atoms with Gasteiger partial charge in [0.1, 0.15) is 0 Å². The second kappa shape index (κ2) is 6.89. The molecule has 0 bridgehead atoms. The number of nitrogens with one attached hydrogen (secondary N) is 1. The third kappa shape index (κ3) is 3.64. The lowest BCUT2D eigenvalue weighted by Crippen LogP contribution is -2.44. The highest BCUT2D eigenvalue weighted by Crippen LogP contribution is 2.17. The van der Waals surface area contributed by atoms with Gasteiger partial charge in [-0.15, -0.1) is 5.10 Å². The summed E-state index contributed by atoms with van der Waals surface area (Å²) in [6, 6.07) is 7.73. The van der Waals surface area contributed by atoms with E-state index in [0.29, 0.717) is 12.5 Å². The molecule has 116 valence electrons. The highest BCUT2D eigenvalue weighted by molar-refractivity contribution is 6.31. The molecular weight excluding hydrogens is 300 g/mol. The Balaban J connectivity index is 1.65. The Labute approximate surface area is 135 Å². The molecule has 1 aliphatic heterocycles. The minimum absolute atomic E-state index is 0.524. The van der Waals surface area contributed by atoms with Crippen molar-refractivity contribution in [1.82, 2.24) is 20.1 Å². The third-order valence-corrected chi connectivity index (χ3v) is 4.14. The summed E-state index contributed by atoms with van der Waals surface area (Å²) >= 11 is 6.15. The first-order valence-corrected chi connectivity index (χ1v) is 7.70. The van der Waals surface area contributed by atoms with Gasteiger partial charge in [0.15, 0.2) is 5.82 Å². The van der Waals surface area contributed by atoms with E-state index >= 15 is 0 Å². The van der Waals surface area contributed by atoms with Gasteiger partial charge in [-0.05, 0) is 18.7 Å². The summed E-state index contributed by atoms with van der Waals surface area (Å²) in [6.45, 7) is 4.56. The summed E-state index contributed by atoms with van der Waals surface area (Å²) in [6.07, 6.45) is 1.71. The van der Waals surface area contributed by atoms with E-state index < -0.39 is 0 Å². The molecule has 0 atom stereocenters. The fourth-order valence-electron chi connectivity index (χ4n) is 2.37. The maximum Gasteiger partial charge on any atom is 0.244 e. The lowest BCUT2D eigenvalue weighted by atomic mass is 10.2. The molecule has 3 rings (SSSR count). The number of piperazine rings is 1. The summed E-state index contributed by atoms with van der Waals surface area (Å²) in [5.41, 5.74) is 1.01. The van der Waals surface area contributed by atoms with Crippen molar-refractivity contribution < 1.29 is 0 Å². The number of rotatable bonds is 4. The Morgan fingerprint density at radius 2 is 1.95 bits per heavy atom. The number of anilines is 2. The van der Waals surface area contributed by atoms with Gasteiger partial charge in [-0.2, -0.15) is 10.1 Å². The van der Waals surface area contributed by atoms with Gasteiger partial charge in [0.2, 0.25) is 5.95 Å². The van der Waals surface area contributed by atoms with E-state index in [1.165, 1.54) is 0 Å². The molecule has 1 N–H and O–H groups in total. The molecule has 1 saturated heterocycles. The normalized spacial score (nSPS) is 15.8. The van der Waals surface area contributed by atoms with Gasteiger partial charge < -0.3 is 15.1 Å². The average Bonchev–Trinajstić information content (AvgIpc) is 2.55. The predicted molar refractivity (Wildman–Crippen MR) is 88.3 cm³/mol. The molecule has 0 amide bonds. The highest BCUT2D eigenvalue weighted by atomic mass is 35.5. The summed E-state index contributed by atoms with van der Waals surface area (Å²) < 4.78 is 0. The molecule has 7 heteroatoms. The average molecular weight is 319 g/mol. The van der Waals surface area contributed by atoms with Gasteiger partial charge in [0.25, 0.3) is 0 Å². The van der Waals surface area contributed by atoms with Crippen molar-refractivity contribution in [2.75, 3.05) is 43.4 Å². The minimum atomic E-state index is 0.524. The van der Waals surface area contributed by atoms with Gasteiger partial charge >= 0.3 is 0 Å². The standard InChI is InChI=1S/C15H19ClN6/c1-21-6-8-22(9-7-21)14-11-18-20-15(19-14)17-10-12-4-2-3-5-13(12)16/h2-5,11H,6-10H2,1H3,(H,17,19,20). The van der Waals surface area contributed by atoms with Crippen LogP contribution in [0.25, 0.3) is 0 Å². The lowest BCUT2D eigenvalue weighted by Gasteiger charge is -2.32. The molecule has 0 unspecified atom stereocenters. The van der Waals surface area contributed by atoms with Crippen LogP contribution in [-0.2, 0) is 6.54 Å². The second-order valence-corrected chi connectivity index (χ2v) is 5.78. The summed E-state index contributed by atoms with van der Waals surface area (Å²) in [7, 11) is 2.13. The molecule has 0 aliphatic carbocycles. The molecular formula is C15H19ClN6. The number of halogens is 1. The van der Waals surface area contributed by atoms with Crippen molar-refractivity contribution in [1.29, 1.82) is 0 Å². The van der Waals surface area contributed by atoms with Gasteiger partial charge in [0, 0.05) is 37.7 Å². The number of aromatic nitrogens is 3. The van der Waals surface area contributed by atoms with E-state index in [9.17, 15) is 0 Å². The van der Waals surface area contributed by atoms with Crippen molar-refractivity contribution >= 4 is 23.4 Å². The van der Waals surface area contributed by atoms with Crippen LogP contribution in [0, 0.1) is 0 Å². The number of likely N-dealkylation sites (N-methyl/N-ethyl adjacent to an activating group) is 1. The topological polar surface area (TPSA) is 57.2 Å². The first-order chi connectivity index (χ1) is 10.7. The van der Waals surface area contributed by atoms with Crippen LogP contribution >= 0.6 is 11.6 Å². The summed E-state index contributed by atoms with van der Waals surface area (Å²) in [5.74, 6) is 1.39. The van der Waals surface area contributed by atoms with Gasteiger partial charge in [-0.25, -0.2) is 0 Å². The Morgan fingerprint density at radius 3 is 2.73 bits per heavy atom. The maximum absolute atomic E-state index is 6.15. The molecule has 1 fully saturated rings. The van der Waals surface area contributed by atoms with Crippen molar-refractivity contribution in [3.63, 3.8) is 0 Å². The zero-order valence-corrected chi connectivity index (χ0v) is 13.3. The van der Waals surface area contributed by atoms with Crippen LogP contribution in [0.15, 0.2) is 30.5 Å². The predicted octanol–water partition coefficient (Wildman–Crippen LogP) is 1.89. The van der Waals surface area contributed by atoms with E-state index in [4.69, 9.17) is 11.6 Å². The SMILES string of the molecule is CN1CCN(c2cnnc(NCc3ccccc3Cl)n2)CC1. The molecule has 0 radical (unpaired) electrons. The third-order valence-electron chi connectivity index (χ3n) is 3.77. The number of hydrogen-bond acceptors (Lipinski definition) is 6. The van der Waals surface area contributed by atoms with Crippen LogP contribution in [0.5, 0.6) is 0 Å². The lowest BCUT2D eigenvalue weighted by molar-refractivity contribution is 0.312. The van der Waals surface area contributed by atoms with E-state index in [2.05, 4.69) is 37.3 Å². The van der Waals surface area contributed by atoms with Crippen LogP contribution in [0.4, 0.5) is 11.8 Å². The quantitative estimate of drug-likeness (QED) is 0.929. The highest BCUT2D eigenvalue weighted by Gasteiger charge is 2.16.